The van der Waals surface area contributed by atoms with E-state index >= 15 is 0 Å². The molecular weight excluding hydrogens is 213 g/mol. The fraction of sp³-hybridized carbons (Fsp3) is 0. The van der Waals surface area contributed by atoms with Gasteiger partial charge >= 0.3 is 29.6 Å². The van der Waals surface area contributed by atoms with Gasteiger partial charge in [0.2, 0.25) is 14.8 Å². The summed E-state index contributed by atoms with van der Waals surface area (Å²) in [5.74, 6) is 0. The van der Waals surface area contributed by atoms with Crippen LogP contribution in [0.1, 0.15) is 0 Å². The topological polar surface area (TPSA) is 133 Å². The van der Waals surface area contributed by atoms with Crippen LogP contribution in [0.4, 0.5) is 0 Å². The van der Waals surface area contributed by atoms with Gasteiger partial charge in [0.05, 0.1) is 0 Å². The van der Waals surface area contributed by atoms with Crippen LogP contribution in [0, 0.1) is 24.9 Å². The van der Waals surface area contributed by atoms with Crippen molar-refractivity contribution < 1.29 is 67.3 Å². The van der Waals surface area contributed by atoms with E-state index in [0.717, 1.165) is 0 Å². The third kappa shape index (κ3) is 1170. The minimum absolute atomic E-state index is 0. The second kappa shape index (κ2) is 11.4. The fourth-order valence-electron chi connectivity index (χ4n) is 0. The molecule has 0 heterocycles. The average Bonchev–Trinajstić information content (AvgIpc) is 1.25. The quantitative estimate of drug-likeness (QED) is 0.242. The van der Waals surface area contributed by atoms with Gasteiger partial charge in [-0.1, -0.05) is 0 Å². The van der Waals surface area contributed by atoms with Crippen LogP contribution in [-0.2, 0) is 0 Å². The Morgan fingerprint density at radius 1 is 1.33 bits per heavy atom. The first-order chi connectivity index (χ1) is 3.46. The first kappa shape index (κ1) is 16.3. The summed E-state index contributed by atoms with van der Waals surface area (Å²) in [4.78, 5) is 8.36. The molecule has 0 spiro atoms. The summed E-state index contributed by atoms with van der Waals surface area (Å²) in [6.07, 6.45) is 0. The van der Waals surface area contributed by atoms with Crippen molar-refractivity contribution in [3.05, 3.63) is 10.1 Å². The van der Waals surface area contributed by atoms with Gasteiger partial charge in [0.15, 0.2) is 0 Å². The molecule has 0 saturated heterocycles. The van der Waals surface area contributed by atoms with E-state index in [4.69, 9.17) is 27.9 Å². The molecule has 0 aliphatic carbocycles. The average molecular weight is 214 g/mol. The zero-order chi connectivity index (χ0) is 7.15. The Morgan fingerprint density at radius 3 is 1.33 bits per heavy atom. The Morgan fingerprint density at radius 2 is 1.33 bits per heavy atom. The molecule has 0 bridgehead atoms. The van der Waals surface area contributed by atoms with Crippen LogP contribution in [0.2, 0.25) is 0 Å². The molecule has 0 rings (SSSR count). The summed E-state index contributed by atoms with van der Waals surface area (Å²) in [5.41, 5.74) is 0. The van der Waals surface area contributed by atoms with Crippen molar-refractivity contribution in [3.8, 4) is 0 Å². The van der Waals surface area contributed by atoms with Crippen LogP contribution in [0.15, 0.2) is 0 Å². The predicted octanol–water partition coefficient (Wildman–Crippen LogP) is -6.91. The Kier molecular flexibility index (Phi) is 20.6. The number of nitrogens with zero attached hydrogens (tertiary/aromatic N) is 1. The van der Waals surface area contributed by atoms with Gasteiger partial charge in [0, 0.05) is 0 Å². The van der Waals surface area contributed by atoms with E-state index in [2.05, 4.69) is 0 Å². The molecule has 0 amide bonds. The van der Waals surface area contributed by atoms with Crippen molar-refractivity contribution in [1.82, 2.24) is 0 Å². The van der Waals surface area contributed by atoms with Crippen LogP contribution < -0.4 is 42.2 Å². The van der Waals surface area contributed by atoms with E-state index in [1.54, 1.807) is 0 Å². The maximum atomic E-state index is 8.52. The summed E-state index contributed by atoms with van der Waals surface area (Å²) in [5, 5.41) is 13.6. The zero-order valence-corrected chi connectivity index (χ0v) is 7.90. The van der Waals surface area contributed by atoms with Crippen molar-refractivity contribution in [2.75, 3.05) is 0 Å². The van der Waals surface area contributed by atoms with Crippen molar-refractivity contribution in [3.63, 3.8) is 0 Å². The Hall–Kier alpha value is 0.560. The number of hydrogen-bond donors (Lipinski definition) is 1. The maximum absolute atomic E-state index is 8.52. The van der Waals surface area contributed by atoms with E-state index in [1.165, 1.54) is 0 Å². The minimum Gasteiger partial charge on any atom is -0.405 e. The van der Waals surface area contributed by atoms with Gasteiger partial charge in [-0.15, -0.1) is 10.1 Å². The Bertz CT molecular complexity index is 57.3. The molecule has 0 atom stereocenters. The second-order valence-corrected chi connectivity index (χ2v) is 1.22. The maximum Gasteiger partial charge on any atom is 1.00 e. The van der Waals surface area contributed by atoms with Gasteiger partial charge in [-0.25, -0.2) is 0 Å². The molecular formula is HBrNNaO6. The van der Waals surface area contributed by atoms with Crippen LogP contribution in [0.5, 0.6) is 0 Å². The van der Waals surface area contributed by atoms with Crippen molar-refractivity contribution >= 4 is 0 Å². The number of hydrogen-bond acceptors (Lipinski definition) is 5. The molecule has 0 aliphatic heterocycles. The number of rotatable bonds is 0. The molecule has 0 aromatic carbocycles. The monoisotopic (exact) mass is 213 g/mol. The van der Waals surface area contributed by atoms with Gasteiger partial charge in [-0.05, 0) is 0 Å². The summed E-state index contributed by atoms with van der Waals surface area (Å²) in [7, 11) is 0. The summed E-state index contributed by atoms with van der Waals surface area (Å²) >= 11 is -3.65. The van der Waals surface area contributed by atoms with Gasteiger partial charge in [-0.3, -0.25) is 0 Å². The van der Waals surface area contributed by atoms with Crippen LogP contribution >= 0.6 is 0 Å². The minimum atomic E-state index is -3.65. The predicted molar refractivity (Wildman–Crippen MR) is 8.78 cm³/mol. The molecule has 0 saturated carbocycles. The molecule has 9 heavy (non-hydrogen) atoms. The molecule has 0 aromatic heterocycles. The van der Waals surface area contributed by atoms with Crippen LogP contribution in [-0.4, -0.2) is 10.3 Å². The summed E-state index contributed by atoms with van der Waals surface area (Å²) in [6, 6.07) is 0. The molecule has 0 radical (unpaired) electrons. The third-order valence-corrected chi connectivity index (χ3v) is 0. The van der Waals surface area contributed by atoms with Crippen molar-refractivity contribution in [2.45, 2.75) is 0 Å². The first-order valence-electron chi connectivity index (χ1n) is 1.03. The smallest absolute Gasteiger partial charge is 0.405 e. The molecule has 0 unspecified atom stereocenters. The molecule has 9 heteroatoms. The van der Waals surface area contributed by atoms with E-state index < -0.39 is 19.9 Å². The summed E-state index contributed by atoms with van der Waals surface area (Å²) < 4.78 is 25.6. The van der Waals surface area contributed by atoms with E-state index in [9.17, 15) is 0 Å². The molecule has 0 aliphatic rings. The van der Waals surface area contributed by atoms with E-state index in [-0.39, 0.29) is 29.6 Å². The second-order valence-electron chi connectivity index (χ2n) is 0.427. The van der Waals surface area contributed by atoms with Gasteiger partial charge in [0.1, 0.15) is 0 Å². The third-order valence-electron chi connectivity index (χ3n) is 0. The van der Waals surface area contributed by atoms with E-state index in [1.807, 2.05) is 0 Å². The van der Waals surface area contributed by atoms with Gasteiger partial charge in [0.25, 0.3) is 5.09 Å². The van der Waals surface area contributed by atoms with Crippen molar-refractivity contribution in [1.29, 1.82) is 0 Å². The Labute approximate surface area is 77.1 Å². The van der Waals surface area contributed by atoms with Crippen LogP contribution in [0.3, 0.4) is 0 Å². The fourth-order valence-corrected chi connectivity index (χ4v) is 0. The number of halogens is 1. The molecule has 50 valence electrons. The van der Waals surface area contributed by atoms with Crippen LogP contribution in [0.25, 0.3) is 0 Å². The molecule has 7 nitrogen and oxygen atoms in total. The molecule has 1 N–H and O–H groups in total. The summed E-state index contributed by atoms with van der Waals surface area (Å²) in [6.45, 7) is 0. The standard InChI is InChI=1S/BrO3.HNO3.Na/c2*2-1(3)4;/h;(H,2,3,4);/q-1;;+1. The van der Waals surface area contributed by atoms with E-state index in [0.29, 0.717) is 0 Å². The van der Waals surface area contributed by atoms with Gasteiger partial charge < -0.3 is 17.8 Å². The van der Waals surface area contributed by atoms with Crippen molar-refractivity contribution in [2.24, 2.45) is 0 Å². The Balaban J connectivity index is -0.0000000720. The largest absolute Gasteiger partial charge is 1.00 e. The van der Waals surface area contributed by atoms with Gasteiger partial charge in [-0.2, -0.15) is 0 Å². The zero-order valence-electron chi connectivity index (χ0n) is 4.31. The molecule has 0 fully saturated rings. The molecule has 0 aromatic rings. The SMILES string of the molecule is O=[N+]([O-])O.[Na+].[O-][Br+2]([O-])[O-]. The normalized spacial score (nSPS) is 6.67. The first-order valence-corrected chi connectivity index (χ1v) is 2.97.